The van der Waals surface area contributed by atoms with Crippen molar-refractivity contribution in [1.29, 1.82) is 0 Å². The summed E-state index contributed by atoms with van der Waals surface area (Å²) in [5.41, 5.74) is 1.18. The van der Waals surface area contributed by atoms with Crippen LogP contribution in [0.25, 0.3) is 0 Å². The quantitative estimate of drug-likeness (QED) is 0.605. The van der Waals surface area contributed by atoms with Crippen molar-refractivity contribution in [2.45, 2.75) is 63.9 Å². The van der Waals surface area contributed by atoms with E-state index in [0.717, 1.165) is 12.8 Å². The molecule has 1 fully saturated rings. The molecule has 0 atom stereocenters. The molecule has 0 aromatic carbocycles. The number of aryl methyl sites for hydroxylation is 1. The van der Waals surface area contributed by atoms with Crippen LogP contribution in [0.2, 0.25) is 0 Å². The van der Waals surface area contributed by atoms with Crippen molar-refractivity contribution in [2.24, 2.45) is 5.92 Å². The highest BCUT2D eigenvalue weighted by molar-refractivity contribution is 7.89. The molecular formula is C14H26N4O2S. The van der Waals surface area contributed by atoms with Crippen LogP contribution in [0.1, 0.15) is 50.9 Å². The minimum atomic E-state index is -3.49. The Labute approximate surface area is 127 Å². The Hall–Kier alpha value is -0.920. The molecule has 0 amide bonds. The lowest BCUT2D eigenvalue weighted by Gasteiger charge is -2.09. The predicted octanol–water partition coefficient (Wildman–Crippen LogP) is 1.68. The van der Waals surface area contributed by atoms with Gasteiger partial charge in [-0.05, 0) is 38.5 Å². The number of sulfonamides is 1. The summed E-state index contributed by atoms with van der Waals surface area (Å²) >= 11 is 0. The summed E-state index contributed by atoms with van der Waals surface area (Å²) in [7, 11) is -3.49. The second kappa shape index (κ2) is 6.89. The van der Waals surface area contributed by atoms with Crippen molar-refractivity contribution >= 4 is 10.0 Å². The maximum Gasteiger partial charge on any atom is 0.244 e. The molecule has 21 heavy (non-hydrogen) atoms. The van der Waals surface area contributed by atoms with E-state index in [1.165, 1.54) is 12.8 Å². The van der Waals surface area contributed by atoms with Crippen LogP contribution in [0.5, 0.6) is 0 Å². The van der Waals surface area contributed by atoms with E-state index >= 15 is 0 Å². The topological polar surface area (TPSA) is 86.9 Å². The fraction of sp³-hybridized carbons (Fsp3) is 0.786. The number of rotatable bonds is 9. The van der Waals surface area contributed by atoms with Gasteiger partial charge in [0, 0.05) is 19.1 Å². The highest BCUT2D eigenvalue weighted by atomic mass is 32.2. The zero-order valence-corrected chi connectivity index (χ0v) is 13.9. The molecule has 0 aliphatic heterocycles. The van der Waals surface area contributed by atoms with Crippen LogP contribution in [0.15, 0.2) is 4.90 Å². The van der Waals surface area contributed by atoms with Gasteiger partial charge in [0.25, 0.3) is 0 Å². The summed E-state index contributed by atoms with van der Waals surface area (Å²) in [6.45, 7) is 6.99. The number of H-pyrrole nitrogens is 1. The largest absolute Gasteiger partial charge is 0.308 e. The first-order chi connectivity index (χ1) is 9.90. The van der Waals surface area contributed by atoms with Crippen LogP contribution in [-0.2, 0) is 16.6 Å². The highest BCUT2D eigenvalue weighted by Crippen LogP contribution is 2.22. The van der Waals surface area contributed by atoms with Crippen molar-refractivity contribution in [3.8, 4) is 0 Å². The molecule has 0 saturated heterocycles. The molecule has 1 aliphatic carbocycles. The number of aromatic nitrogens is 2. The van der Waals surface area contributed by atoms with Gasteiger partial charge < -0.3 is 5.32 Å². The third kappa shape index (κ3) is 4.79. The predicted molar refractivity (Wildman–Crippen MR) is 82.4 cm³/mol. The number of nitrogens with zero attached hydrogens (tertiary/aromatic N) is 1. The molecule has 120 valence electrons. The minimum absolute atomic E-state index is 0.306. The second-order valence-electron chi connectivity index (χ2n) is 6.21. The molecule has 6 nitrogen and oxygen atoms in total. The standard InChI is InChI=1S/C14H26N4O2S/c1-10(2)5-4-8-16-21(19,20)14-11(3)17-18-13(14)9-15-12-6-7-12/h10,12,15-16H,4-9H2,1-3H3,(H,17,18). The number of nitrogens with one attached hydrogen (secondary N) is 3. The van der Waals surface area contributed by atoms with E-state index in [1.54, 1.807) is 6.92 Å². The summed E-state index contributed by atoms with van der Waals surface area (Å²) in [5, 5.41) is 10.2. The van der Waals surface area contributed by atoms with E-state index in [9.17, 15) is 8.42 Å². The number of aromatic amines is 1. The monoisotopic (exact) mass is 314 g/mol. The van der Waals surface area contributed by atoms with Gasteiger partial charge in [-0.1, -0.05) is 13.8 Å². The molecule has 7 heteroatoms. The zero-order chi connectivity index (χ0) is 15.5. The second-order valence-corrected chi connectivity index (χ2v) is 7.92. The summed E-state index contributed by atoms with van der Waals surface area (Å²) in [6.07, 6.45) is 4.20. The van der Waals surface area contributed by atoms with E-state index in [-0.39, 0.29) is 0 Å². The normalized spacial score (nSPS) is 15.8. The SMILES string of the molecule is Cc1[nH]nc(CNC2CC2)c1S(=O)(=O)NCCCC(C)C. The summed E-state index contributed by atoms with van der Waals surface area (Å²) in [5.74, 6) is 0.587. The van der Waals surface area contributed by atoms with E-state index in [4.69, 9.17) is 0 Å². The molecule has 1 saturated carbocycles. The van der Waals surface area contributed by atoms with Crippen LogP contribution >= 0.6 is 0 Å². The van der Waals surface area contributed by atoms with Crippen LogP contribution < -0.4 is 10.0 Å². The lowest BCUT2D eigenvalue weighted by atomic mass is 10.1. The lowest BCUT2D eigenvalue weighted by Crippen LogP contribution is -2.27. The Morgan fingerprint density at radius 2 is 2.10 bits per heavy atom. The fourth-order valence-corrected chi connectivity index (χ4v) is 3.70. The summed E-state index contributed by atoms with van der Waals surface area (Å²) in [6, 6.07) is 0.525. The highest BCUT2D eigenvalue weighted by Gasteiger charge is 2.26. The first kappa shape index (κ1) is 16.5. The van der Waals surface area contributed by atoms with E-state index in [0.29, 0.717) is 41.3 Å². The van der Waals surface area contributed by atoms with Crippen molar-refractivity contribution in [1.82, 2.24) is 20.2 Å². The van der Waals surface area contributed by atoms with Crippen LogP contribution in [0, 0.1) is 12.8 Å². The van der Waals surface area contributed by atoms with Gasteiger partial charge in [0.1, 0.15) is 4.90 Å². The molecule has 0 spiro atoms. The van der Waals surface area contributed by atoms with Crippen molar-refractivity contribution in [2.75, 3.05) is 6.54 Å². The van der Waals surface area contributed by atoms with Crippen molar-refractivity contribution < 1.29 is 8.42 Å². The Balaban J connectivity index is 1.98. The lowest BCUT2D eigenvalue weighted by molar-refractivity contribution is 0.539. The Bertz CT molecular complexity index is 562. The maximum absolute atomic E-state index is 12.4. The van der Waals surface area contributed by atoms with Gasteiger partial charge in [0.2, 0.25) is 10.0 Å². The van der Waals surface area contributed by atoms with Crippen LogP contribution in [0.3, 0.4) is 0 Å². The van der Waals surface area contributed by atoms with Gasteiger partial charge in [-0.15, -0.1) is 0 Å². The van der Waals surface area contributed by atoms with Gasteiger partial charge >= 0.3 is 0 Å². The third-order valence-electron chi connectivity index (χ3n) is 3.62. The smallest absolute Gasteiger partial charge is 0.244 e. The minimum Gasteiger partial charge on any atom is -0.308 e. The van der Waals surface area contributed by atoms with E-state index in [2.05, 4.69) is 34.1 Å². The molecule has 3 N–H and O–H groups in total. The Morgan fingerprint density at radius 1 is 1.38 bits per heavy atom. The van der Waals surface area contributed by atoms with Gasteiger partial charge in [-0.3, -0.25) is 5.10 Å². The van der Waals surface area contributed by atoms with Gasteiger partial charge in [-0.25, -0.2) is 13.1 Å². The first-order valence-corrected chi connectivity index (χ1v) is 9.15. The van der Waals surface area contributed by atoms with Crippen LogP contribution in [0.4, 0.5) is 0 Å². The van der Waals surface area contributed by atoms with Crippen LogP contribution in [-0.4, -0.2) is 31.2 Å². The molecule has 0 radical (unpaired) electrons. The molecule has 1 heterocycles. The zero-order valence-electron chi connectivity index (χ0n) is 13.1. The van der Waals surface area contributed by atoms with Crippen molar-refractivity contribution in [3.05, 3.63) is 11.4 Å². The maximum atomic E-state index is 12.4. The molecule has 1 aromatic rings. The Kier molecular flexibility index (Phi) is 5.40. The van der Waals surface area contributed by atoms with Gasteiger partial charge in [-0.2, -0.15) is 5.10 Å². The summed E-state index contributed by atoms with van der Waals surface area (Å²) in [4.78, 5) is 0.306. The summed E-state index contributed by atoms with van der Waals surface area (Å²) < 4.78 is 27.6. The molecule has 0 unspecified atom stereocenters. The molecule has 2 rings (SSSR count). The molecular weight excluding hydrogens is 288 g/mol. The molecule has 1 aliphatic rings. The molecule has 0 bridgehead atoms. The average molecular weight is 314 g/mol. The number of hydrogen-bond donors (Lipinski definition) is 3. The van der Waals surface area contributed by atoms with Gasteiger partial charge in [0.05, 0.1) is 11.4 Å². The van der Waals surface area contributed by atoms with E-state index in [1.807, 2.05) is 0 Å². The van der Waals surface area contributed by atoms with Crippen molar-refractivity contribution in [3.63, 3.8) is 0 Å². The average Bonchev–Trinajstić information content (AvgIpc) is 3.15. The van der Waals surface area contributed by atoms with E-state index < -0.39 is 10.0 Å². The first-order valence-electron chi connectivity index (χ1n) is 7.67. The Morgan fingerprint density at radius 3 is 2.71 bits per heavy atom. The molecule has 1 aromatic heterocycles. The third-order valence-corrected chi connectivity index (χ3v) is 5.28. The fourth-order valence-electron chi connectivity index (χ4n) is 2.26. The van der Waals surface area contributed by atoms with Gasteiger partial charge in [0.15, 0.2) is 0 Å². The number of hydrogen-bond acceptors (Lipinski definition) is 4.